The molecular weight excluding hydrogens is 212 g/mol. The summed E-state index contributed by atoms with van der Waals surface area (Å²) >= 11 is 0. The van der Waals surface area contributed by atoms with E-state index in [-0.39, 0.29) is 18.2 Å². The van der Waals surface area contributed by atoms with Gasteiger partial charge in [-0.1, -0.05) is 0 Å². The summed E-state index contributed by atoms with van der Waals surface area (Å²) in [5, 5.41) is 10.6. The Morgan fingerprint density at radius 1 is 1.56 bits per heavy atom. The molecule has 1 aromatic carbocycles. The number of aliphatic imine (C=N–C) groups is 1. The summed E-state index contributed by atoms with van der Waals surface area (Å²) in [5.41, 5.74) is 10.9. The maximum absolute atomic E-state index is 10.6. The fourth-order valence-corrected chi connectivity index (χ4v) is 1.18. The molecule has 0 atom stereocenters. The molecule has 7 nitrogen and oxygen atoms in total. The van der Waals surface area contributed by atoms with Crippen LogP contribution in [0.25, 0.3) is 0 Å². The molecule has 0 fully saturated rings. The Morgan fingerprint density at radius 2 is 2.25 bits per heavy atom. The lowest BCUT2D eigenvalue weighted by Crippen LogP contribution is -2.22. The van der Waals surface area contributed by atoms with Gasteiger partial charge in [0.2, 0.25) is 0 Å². The highest BCUT2D eigenvalue weighted by Gasteiger charge is 2.10. The Labute approximate surface area is 91.9 Å². The SMILES string of the molecule is COc1ccc([N+](=O)[O-])cc1CN=C(N)N. The van der Waals surface area contributed by atoms with Crippen molar-refractivity contribution >= 4 is 11.6 Å². The van der Waals surface area contributed by atoms with Gasteiger partial charge in [0.05, 0.1) is 18.6 Å². The normalized spacial score (nSPS) is 9.56. The van der Waals surface area contributed by atoms with E-state index in [0.717, 1.165) is 0 Å². The van der Waals surface area contributed by atoms with Gasteiger partial charge in [0.15, 0.2) is 5.96 Å². The fourth-order valence-electron chi connectivity index (χ4n) is 1.18. The van der Waals surface area contributed by atoms with Gasteiger partial charge in [-0.05, 0) is 6.07 Å². The van der Waals surface area contributed by atoms with Gasteiger partial charge in [0.1, 0.15) is 5.75 Å². The Kier molecular flexibility index (Phi) is 3.65. The molecule has 4 N–H and O–H groups in total. The van der Waals surface area contributed by atoms with Gasteiger partial charge in [-0.15, -0.1) is 0 Å². The molecular formula is C9H12N4O3. The van der Waals surface area contributed by atoms with E-state index < -0.39 is 4.92 Å². The Balaban J connectivity index is 3.07. The third kappa shape index (κ3) is 2.84. The van der Waals surface area contributed by atoms with Crippen LogP contribution >= 0.6 is 0 Å². The Hall–Kier alpha value is -2.31. The zero-order valence-electron chi connectivity index (χ0n) is 8.71. The molecule has 7 heteroatoms. The lowest BCUT2D eigenvalue weighted by atomic mass is 10.2. The van der Waals surface area contributed by atoms with Gasteiger partial charge in [-0.25, -0.2) is 4.99 Å². The number of nitro groups is 1. The minimum absolute atomic E-state index is 0.0263. The van der Waals surface area contributed by atoms with Crippen LogP contribution < -0.4 is 16.2 Å². The smallest absolute Gasteiger partial charge is 0.270 e. The quantitative estimate of drug-likeness (QED) is 0.332. The first-order chi connectivity index (χ1) is 7.54. The summed E-state index contributed by atoms with van der Waals surface area (Å²) in [4.78, 5) is 13.9. The van der Waals surface area contributed by atoms with Crippen LogP contribution in [-0.2, 0) is 6.54 Å². The van der Waals surface area contributed by atoms with Crippen molar-refractivity contribution in [1.29, 1.82) is 0 Å². The first kappa shape index (κ1) is 11.8. The van der Waals surface area contributed by atoms with E-state index in [2.05, 4.69) is 4.99 Å². The zero-order chi connectivity index (χ0) is 12.1. The highest BCUT2D eigenvalue weighted by atomic mass is 16.6. The first-order valence-corrected chi connectivity index (χ1v) is 4.41. The van der Waals surface area contributed by atoms with E-state index in [1.165, 1.54) is 25.3 Å². The second-order valence-corrected chi connectivity index (χ2v) is 2.99. The lowest BCUT2D eigenvalue weighted by molar-refractivity contribution is -0.384. The van der Waals surface area contributed by atoms with Crippen molar-refractivity contribution in [3.63, 3.8) is 0 Å². The third-order valence-corrected chi connectivity index (χ3v) is 1.91. The van der Waals surface area contributed by atoms with Crippen LogP contribution in [0.4, 0.5) is 5.69 Å². The number of nitro benzene ring substituents is 1. The van der Waals surface area contributed by atoms with Gasteiger partial charge in [-0.2, -0.15) is 0 Å². The van der Waals surface area contributed by atoms with Crippen molar-refractivity contribution in [2.24, 2.45) is 16.5 Å². The monoisotopic (exact) mass is 224 g/mol. The molecule has 0 heterocycles. The number of hydrogen-bond donors (Lipinski definition) is 2. The van der Waals surface area contributed by atoms with Crippen molar-refractivity contribution in [3.05, 3.63) is 33.9 Å². The van der Waals surface area contributed by atoms with Gasteiger partial charge in [0, 0.05) is 17.7 Å². The number of ether oxygens (including phenoxy) is 1. The van der Waals surface area contributed by atoms with Crippen LogP contribution in [0.1, 0.15) is 5.56 Å². The van der Waals surface area contributed by atoms with Crippen LogP contribution in [0.5, 0.6) is 5.75 Å². The third-order valence-electron chi connectivity index (χ3n) is 1.91. The average Bonchev–Trinajstić information content (AvgIpc) is 2.25. The molecule has 0 aliphatic carbocycles. The molecule has 1 aromatic rings. The van der Waals surface area contributed by atoms with Crippen molar-refractivity contribution in [2.75, 3.05) is 7.11 Å². The van der Waals surface area contributed by atoms with Gasteiger partial charge >= 0.3 is 0 Å². The number of guanidine groups is 1. The van der Waals surface area contributed by atoms with Crippen molar-refractivity contribution < 1.29 is 9.66 Å². The maximum Gasteiger partial charge on any atom is 0.270 e. The number of non-ortho nitro benzene ring substituents is 1. The van der Waals surface area contributed by atoms with Gasteiger partial charge in [0.25, 0.3) is 5.69 Å². The van der Waals surface area contributed by atoms with Gasteiger partial charge in [-0.3, -0.25) is 10.1 Å². The minimum Gasteiger partial charge on any atom is -0.496 e. The second kappa shape index (κ2) is 4.96. The molecule has 0 saturated carbocycles. The molecule has 0 spiro atoms. The van der Waals surface area contributed by atoms with Crippen LogP contribution in [0, 0.1) is 10.1 Å². The molecule has 0 saturated heterocycles. The van der Waals surface area contributed by atoms with Crippen LogP contribution in [-0.4, -0.2) is 18.0 Å². The number of nitrogens with zero attached hydrogens (tertiary/aromatic N) is 2. The zero-order valence-corrected chi connectivity index (χ0v) is 8.71. The Bertz CT molecular complexity index is 427. The molecule has 0 aliphatic rings. The molecule has 1 rings (SSSR count). The van der Waals surface area contributed by atoms with Crippen LogP contribution in [0.3, 0.4) is 0 Å². The molecule has 0 unspecified atom stereocenters. The highest BCUT2D eigenvalue weighted by Crippen LogP contribution is 2.24. The van der Waals surface area contributed by atoms with Crippen LogP contribution in [0.15, 0.2) is 23.2 Å². The van der Waals surface area contributed by atoms with Crippen LogP contribution in [0.2, 0.25) is 0 Å². The topological polar surface area (TPSA) is 117 Å². The van der Waals surface area contributed by atoms with Crippen molar-refractivity contribution in [3.8, 4) is 5.75 Å². The Morgan fingerprint density at radius 3 is 2.75 bits per heavy atom. The summed E-state index contributed by atoms with van der Waals surface area (Å²) in [6.07, 6.45) is 0. The lowest BCUT2D eigenvalue weighted by Gasteiger charge is -2.05. The summed E-state index contributed by atoms with van der Waals surface area (Å²) < 4.78 is 5.04. The largest absolute Gasteiger partial charge is 0.496 e. The number of hydrogen-bond acceptors (Lipinski definition) is 4. The minimum atomic E-state index is -0.488. The summed E-state index contributed by atoms with van der Waals surface area (Å²) in [6, 6.07) is 4.25. The first-order valence-electron chi connectivity index (χ1n) is 4.41. The van der Waals surface area contributed by atoms with Crippen molar-refractivity contribution in [1.82, 2.24) is 0 Å². The number of methoxy groups -OCH3 is 1. The average molecular weight is 224 g/mol. The molecule has 0 amide bonds. The summed E-state index contributed by atoms with van der Waals surface area (Å²) in [6.45, 7) is 0.146. The van der Waals surface area contributed by atoms with Gasteiger partial charge < -0.3 is 16.2 Å². The number of benzene rings is 1. The predicted octanol–water partition coefficient (Wildman–Crippen LogP) is 0.377. The van der Waals surface area contributed by atoms with E-state index in [0.29, 0.717) is 11.3 Å². The van der Waals surface area contributed by atoms with Crippen molar-refractivity contribution in [2.45, 2.75) is 6.54 Å². The van der Waals surface area contributed by atoms with E-state index in [1.54, 1.807) is 0 Å². The molecule has 0 bridgehead atoms. The second-order valence-electron chi connectivity index (χ2n) is 2.99. The summed E-state index contributed by atoms with van der Waals surface area (Å²) in [5.74, 6) is 0.434. The van der Waals surface area contributed by atoms with E-state index in [4.69, 9.17) is 16.2 Å². The van der Waals surface area contributed by atoms with E-state index >= 15 is 0 Å². The number of nitrogens with two attached hydrogens (primary N) is 2. The highest BCUT2D eigenvalue weighted by molar-refractivity contribution is 5.75. The fraction of sp³-hybridized carbons (Fsp3) is 0.222. The predicted molar refractivity (Wildman–Crippen MR) is 59.2 cm³/mol. The molecule has 0 aliphatic heterocycles. The van der Waals surface area contributed by atoms with E-state index in [1.807, 2.05) is 0 Å². The number of rotatable bonds is 4. The molecule has 16 heavy (non-hydrogen) atoms. The summed E-state index contributed by atoms with van der Waals surface area (Å²) in [7, 11) is 1.47. The molecule has 0 aromatic heterocycles. The molecule has 0 radical (unpaired) electrons. The maximum atomic E-state index is 10.6. The van der Waals surface area contributed by atoms with E-state index in [9.17, 15) is 10.1 Å². The molecule has 86 valence electrons. The standard InChI is InChI=1S/C9H12N4O3/c1-16-8-3-2-7(13(14)15)4-6(8)5-12-9(10)11/h2-4H,5H2,1H3,(H4,10,11,12).